The fourth-order valence-electron chi connectivity index (χ4n) is 8.82. The Labute approximate surface area is 305 Å². The van der Waals surface area contributed by atoms with Gasteiger partial charge in [0.05, 0.1) is 0 Å². The highest BCUT2D eigenvalue weighted by molar-refractivity contribution is 6.35. The van der Waals surface area contributed by atoms with E-state index in [-0.39, 0.29) is 0 Å². The van der Waals surface area contributed by atoms with Gasteiger partial charge in [0.2, 0.25) is 0 Å². The van der Waals surface area contributed by atoms with Gasteiger partial charge in [0, 0.05) is 43.6 Å². The van der Waals surface area contributed by atoms with Gasteiger partial charge in [0.25, 0.3) is 0 Å². The summed E-state index contributed by atoms with van der Waals surface area (Å²) < 4.78 is 13.9. The topological polar surface area (TPSA) is 26.3 Å². The third-order valence-electron chi connectivity index (χ3n) is 11.0. The van der Waals surface area contributed by atoms with Crippen LogP contribution in [0.15, 0.2) is 185 Å². The van der Waals surface area contributed by atoms with E-state index < -0.39 is 0 Å². The molecule has 11 aromatic rings. The van der Waals surface area contributed by atoms with Crippen LogP contribution in [0, 0.1) is 0 Å². The average Bonchev–Trinajstić information content (AvgIpc) is 3.81. The molecule has 2 aromatic heterocycles. The van der Waals surface area contributed by atoms with E-state index in [1.807, 2.05) is 0 Å². The maximum atomic E-state index is 7.02. The van der Waals surface area contributed by atoms with Gasteiger partial charge in [-0.05, 0) is 80.4 Å². The summed E-state index contributed by atoms with van der Waals surface area (Å²) in [6.07, 6.45) is 2.21. The van der Waals surface area contributed by atoms with Gasteiger partial charge in [-0.15, -0.1) is 0 Å². The van der Waals surface area contributed by atoms with E-state index >= 15 is 0 Å². The molecule has 0 aliphatic heterocycles. The van der Waals surface area contributed by atoms with Crippen LogP contribution in [0.5, 0.6) is 0 Å². The Hall–Kier alpha value is -6.90. The highest BCUT2D eigenvalue weighted by Crippen LogP contribution is 2.51. The van der Waals surface area contributed by atoms with Crippen molar-refractivity contribution < 1.29 is 8.83 Å². The maximum absolute atomic E-state index is 7.02. The molecular formula is C51H32O2. The molecule has 0 unspecified atom stereocenters. The minimum Gasteiger partial charge on any atom is -0.455 e. The molecule has 0 radical (unpaired) electrons. The number of rotatable bonds is 4. The smallest absolute Gasteiger partial charge is 0.143 e. The quantitative estimate of drug-likeness (QED) is 0.173. The molecule has 2 heterocycles. The molecule has 0 saturated carbocycles. The minimum absolute atomic E-state index is 0.870. The van der Waals surface area contributed by atoms with E-state index in [0.717, 1.165) is 76.9 Å². The summed E-state index contributed by atoms with van der Waals surface area (Å²) in [7, 11) is 0. The fraction of sp³-hybridized carbons (Fsp3) is 0.0196. The van der Waals surface area contributed by atoms with Crippen molar-refractivity contribution in [1.29, 1.82) is 0 Å². The first-order valence-electron chi connectivity index (χ1n) is 18.2. The summed E-state index contributed by atoms with van der Waals surface area (Å²) in [6, 6.07) is 60.7. The van der Waals surface area contributed by atoms with Crippen LogP contribution in [-0.4, -0.2) is 0 Å². The normalized spacial score (nSPS) is 12.4. The number of hydrogen-bond acceptors (Lipinski definition) is 2. The van der Waals surface area contributed by atoms with Crippen LogP contribution < -0.4 is 0 Å². The van der Waals surface area contributed by atoms with Crippen LogP contribution in [0.3, 0.4) is 0 Å². The summed E-state index contributed by atoms with van der Waals surface area (Å²) in [5.74, 6) is 0. The van der Waals surface area contributed by atoms with E-state index in [0.29, 0.717) is 0 Å². The van der Waals surface area contributed by atoms with Crippen molar-refractivity contribution in [3.05, 3.63) is 187 Å². The van der Waals surface area contributed by atoms with E-state index in [1.165, 1.54) is 38.2 Å². The monoisotopic (exact) mass is 676 g/mol. The molecule has 0 aliphatic carbocycles. The number of fused-ring (bicyclic) bond motifs is 11. The first-order valence-corrected chi connectivity index (χ1v) is 18.2. The van der Waals surface area contributed by atoms with Crippen molar-refractivity contribution in [2.45, 2.75) is 6.92 Å². The van der Waals surface area contributed by atoms with Gasteiger partial charge in [0.1, 0.15) is 22.3 Å². The number of benzene rings is 9. The molecule has 248 valence electrons. The van der Waals surface area contributed by atoms with Gasteiger partial charge in [-0.3, -0.25) is 0 Å². The highest BCUT2D eigenvalue weighted by atomic mass is 16.3. The molecule has 2 nitrogen and oxygen atoms in total. The van der Waals surface area contributed by atoms with Crippen molar-refractivity contribution in [3.63, 3.8) is 0 Å². The molecule has 11 rings (SSSR count). The minimum atomic E-state index is 0.870. The summed E-state index contributed by atoms with van der Waals surface area (Å²) >= 11 is 0. The van der Waals surface area contributed by atoms with E-state index in [4.69, 9.17) is 8.83 Å². The molecule has 0 aliphatic rings. The van der Waals surface area contributed by atoms with Crippen LogP contribution in [0.2, 0.25) is 0 Å². The van der Waals surface area contributed by atoms with Crippen LogP contribution in [0.1, 0.15) is 18.1 Å². The van der Waals surface area contributed by atoms with Crippen molar-refractivity contribution in [2.75, 3.05) is 0 Å². The van der Waals surface area contributed by atoms with E-state index in [2.05, 4.69) is 183 Å². The molecule has 0 fully saturated rings. The third kappa shape index (κ3) is 4.33. The van der Waals surface area contributed by atoms with Gasteiger partial charge >= 0.3 is 0 Å². The van der Waals surface area contributed by atoms with Gasteiger partial charge in [-0.2, -0.15) is 0 Å². The molecule has 0 atom stereocenters. The van der Waals surface area contributed by atoms with Gasteiger partial charge in [-0.1, -0.05) is 152 Å². The Morgan fingerprint density at radius 3 is 1.49 bits per heavy atom. The van der Waals surface area contributed by atoms with E-state index in [9.17, 15) is 0 Å². The lowest BCUT2D eigenvalue weighted by atomic mass is 9.84. The Morgan fingerprint density at radius 2 is 0.906 bits per heavy atom. The second-order valence-electron chi connectivity index (χ2n) is 13.8. The summed E-state index contributed by atoms with van der Waals surface area (Å²) in [4.78, 5) is 0. The van der Waals surface area contributed by atoms with Crippen molar-refractivity contribution >= 4 is 81.8 Å². The van der Waals surface area contributed by atoms with Crippen LogP contribution in [0.4, 0.5) is 0 Å². The zero-order valence-corrected chi connectivity index (χ0v) is 29.1. The van der Waals surface area contributed by atoms with Crippen molar-refractivity contribution in [2.24, 2.45) is 0 Å². The largest absolute Gasteiger partial charge is 0.455 e. The Bertz CT molecular complexity index is 3210. The van der Waals surface area contributed by atoms with Gasteiger partial charge < -0.3 is 8.83 Å². The van der Waals surface area contributed by atoms with E-state index in [1.54, 1.807) is 0 Å². The summed E-state index contributed by atoms with van der Waals surface area (Å²) in [5, 5.41) is 11.5. The standard InChI is InChI=1S/C51H32O2/c1-2-34(31-17-5-3-6-18-31)41-29-33-30-42(47-37-23-11-9-21-35(37)45(32-19-7-4-8-20-32)36-22-10-12-24-38(36)47)51-49(40-26-14-16-28-44(40)53-51)46(33)48-39-25-13-15-27-43(39)52-50(41)48/h2-30H,1H3/b34-2-. The van der Waals surface area contributed by atoms with Crippen LogP contribution in [-0.2, 0) is 0 Å². The van der Waals surface area contributed by atoms with Crippen LogP contribution >= 0.6 is 0 Å². The average molecular weight is 677 g/mol. The number of allylic oxidation sites excluding steroid dienone is 1. The van der Waals surface area contributed by atoms with Crippen molar-refractivity contribution in [1.82, 2.24) is 0 Å². The summed E-state index contributed by atoms with van der Waals surface area (Å²) in [5.41, 5.74) is 11.6. The molecule has 0 saturated heterocycles. The van der Waals surface area contributed by atoms with Gasteiger partial charge in [0.15, 0.2) is 0 Å². The highest BCUT2D eigenvalue weighted by Gasteiger charge is 2.26. The second-order valence-corrected chi connectivity index (χ2v) is 13.8. The third-order valence-corrected chi connectivity index (χ3v) is 11.0. The number of para-hydroxylation sites is 2. The predicted molar refractivity (Wildman–Crippen MR) is 224 cm³/mol. The molecule has 9 aromatic carbocycles. The molecule has 0 amide bonds. The van der Waals surface area contributed by atoms with Gasteiger partial charge in [-0.25, -0.2) is 0 Å². The molecule has 0 N–H and O–H groups in total. The first kappa shape index (κ1) is 29.8. The predicted octanol–water partition coefficient (Wildman–Crippen LogP) is 14.7. The Kier molecular flexibility index (Phi) is 6.50. The lowest BCUT2D eigenvalue weighted by Gasteiger charge is -2.19. The first-order chi connectivity index (χ1) is 26.3. The lowest BCUT2D eigenvalue weighted by Crippen LogP contribution is -1.93. The molecule has 2 heteroatoms. The zero-order valence-electron chi connectivity index (χ0n) is 29.1. The number of hydrogen-bond donors (Lipinski definition) is 0. The van der Waals surface area contributed by atoms with Crippen molar-refractivity contribution in [3.8, 4) is 22.3 Å². The lowest BCUT2D eigenvalue weighted by molar-refractivity contribution is 0.668. The molecule has 53 heavy (non-hydrogen) atoms. The second kappa shape index (κ2) is 11.6. The number of furan rings is 2. The molecular weight excluding hydrogens is 645 g/mol. The SMILES string of the molecule is C/C=C(/c1ccccc1)c1cc2cc(-c3c4ccccc4c(-c4ccccc4)c4ccccc34)c3oc4ccccc4c3c2c2c1oc1ccccc12. The molecule has 0 spiro atoms. The zero-order chi connectivity index (χ0) is 35.0. The maximum Gasteiger partial charge on any atom is 0.143 e. The Balaban J connectivity index is 1.37. The van der Waals surface area contributed by atoms with Crippen LogP contribution in [0.25, 0.3) is 104 Å². The fourth-order valence-corrected chi connectivity index (χ4v) is 8.82. The Morgan fingerprint density at radius 1 is 0.434 bits per heavy atom. The molecule has 0 bridgehead atoms. The summed E-state index contributed by atoms with van der Waals surface area (Å²) in [6.45, 7) is 2.12.